The summed E-state index contributed by atoms with van der Waals surface area (Å²) in [5.41, 5.74) is 9.03. The van der Waals surface area contributed by atoms with E-state index in [1.165, 1.54) is 5.56 Å². The maximum atomic E-state index is 11.9. The van der Waals surface area contributed by atoms with Crippen LogP contribution in [0.4, 0.5) is 0 Å². The number of pyridine rings is 1. The molecule has 0 bridgehead atoms. The van der Waals surface area contributed by atoms with E-state index in [9.17, 15) is 4.79 Å². The van der Waals surface area contributed by atoms with Crippen molar-refractivity contribution in [1.82, 2.24) is 4.98 Å². The number of ketones is 1. The van der Waals surface area contributed by atoms with Gasteiger partial charge in [-0.05, 0) is 37.0 Å². The van der Waals surface area contributed by atoms with Gasteiger partial charge in [0.25, 0.3) is 0 Å². The molecule has 0 amide bonds. The van der Waals surface area contributed by atoms with E-state index in [2.05, 4.69) is 29.2 Å². The van der Waals surface area contributed by atoms with Crippen molar-refractivity contribution in [3.63, 3.8) is 0 Å². The molecular weight excluding hydrogens is 310 g/mol. The first kappa shape index (κ1) is 18.8. The second kappa shape index (κ2) is 8.06. The van der Waals surface area contributed by atoms with E-state index in [4.69, 9.17) is 11.1 Å². The Balaban J connectivity index is 1.96. The fourth-order valence-electron chi connectivity index (χ4n) is 2.92. The lowest BCUT2D eigenvalue weighted by atomic mass is 9.81. The molecule has 0 saturated carbocycles. The van der Waals surface area contributed by atoms with Crippen molar-refractivity contribution in [3.8, 4) is 11.3 Å². The third-order valence-corrected chi connectivity index (χ3v) is 4.67. The van der Waals surface area contributed by atoms with Crippen molar-refractivity contribution in [1.29, 1.82) is 5.41 Å². The molecule has 0 saturated heterocycles. The Morgan fingerprint density at radius 3 is 2.36 bits per heavy atom. The molecule has 0 fully saturated rings. The van der Waals surface area contributed by atoms with Gasteiger partial charge in [-0.1, -0.05) is 45.0 Å². The van der Waals surface area contributed by atoms with Gasteiger partial charge in [-0.3, -0.25) is 15.2 Å². The highest BCUT2D eigenvalue weighted by Crippen LogP contribution is 2.26. The zero-order chi connectivity index (χ0) is 18.4. The van der Waals surface area contributed by atoms with Crippen LogP contribution in [0.3, 0.4) is 0 Å². The number of nitrogens with one attached hydrogen (secondary N) is 1. The molecule has 1 aromatic heterocycles. The predicted molar refractivity (Wildman–Crippen MR) is 103 cm³/mol. The predicted octanol–water partition coefficient (Wildman–Crippen LogP) is 4.36. The average molecular weight is 337 g/mol. The lowest BCUT2D eigenvalue weighted by molar-refractivity contribution is -0.127. The van der Waals surface area contributed by atoms with Crippen LogP contribution in [0.15, 0.2) is 42.6 Å². The van der Waals surface area contributed by atoms with Gasteiger partial charge in [0.05, 0.1) is 5.69 Å². The second-order valence-electron chi connectivity index (χ2n) is 7.06. The van der Waals surface area contributed by atoms with E-state index in [0.29, 0.717) is 17.8 Å². The number of nitrogens with zero attached hydrogens (tertiary/aromatic N) is 1. The van der Waals surface area contributed by atoms with Gasteiger partial charge in [0.2, 0.25) is 0 Å². The Morgan fingerprint density at radius 2 is 1.84 bits per heavy atom. The van der Waals surface area contributed by atoms with Crippen molar-refractivity contribution >= 4 is 11.6 Å². The van der Waals surface area contributed by atoms with E-state index in [1.807, 2.05) is 32.9 Å². The number of benzene rings is 1. The van der Waals surface area contributed by atoms with E-state index in [0.717, 1.165) is 30.5 Å². The molecule has 1 heterocycles. The molecule has 25 heavy (non-hydrogen) atoms. The van der Waals surface area contributed by atoms with Crippen molar-refractivity contribution in [2.75, 3.05) is 0 Å². The standard InChI is InChI=1S/C21H27N3O/c1-4-19(25)21(2,3)13-5-6-15-7-9-16(10-8-15)18-12-11-17(14-24-18)20(22)23/h7-12,14H,4-6,13H2,1-3H3,(H3,22,23). The highest BCUT2D eigenvalue weighted by molar-refractivity contribution is 5.94. The summed E-state index contributed by atoms with van der Waals surface area (Å²) in [7, 11) is 0. The number of rotatable bonds is 8. The maximum Gasteiger partial charge on any atom is 0.138 e. The van der Waals surface area contributed by atoms with Crippen LogP contribution >= 0.6 is 0 Å². The molecule has 4 heteroatoms. The molecule has 2 rings (SSSR count). The summed E-state index contributed by atoms with van der Waals surface area (Å²) in [6.45, 7) is 6.01. The van der Waals surface area contributed by atoms with Crippen LogP contribution in [0, 0.1) is 10.8 Å². The maximum absolute atomic E-state index is 11.9. The van der Waals surface area contributed by atoms with Gasteiger partial charge in [0, 0.05) is 29.2 Å². The summed E-state index contributed by atoms with van der Waals surface area (Å²) in [6.07, 6.45) is 5.12. The normalized spacial score (nSPS) is 11.3. The van der Waals surface area contributed by atoms with Gasteiger partial charge >= 0.3 is 0 Å². The molecule has 0 aliphatic rings. The van der Waals surface area contributed by atoms with Gasteiger partial charge < -0.3 is 5.73 Å². The minimum atomic E-state index is -0.225. The van der Waals surface area contributed by atoms with Gasteiger partial charge in [-0.25, -0.2) is 0 Å². The molecule has 0 unspecified atom stereocenters. The fraction of sp³-hybridized carbons (Fsp3) is 0.381. The summed E-state index contributed by atoms with van der Waals surface area (Å²) in [5.74, 6) is 0.363. The van der Waals surface area contributed by atoms with Crippen LogP contribution in [-0.2, 0) is 11.2 Å². The number of amidine groups is 1. The first-order chi connectivity index (χ1) is 11.8. The number of hydrogen-bond acceptors (Lipinski definition) is 3. The van der Waals surface area contributed by atoms with E-state index < -0.39 is 0 Å². The summed E-state index contributed by atoms with van der Waals surface area (Å²) >= 11 is 0. The number of carbonyl (C=O) groups excluding carboxylic acids is 1. The molecule has 4 nitrogen and oxygen atoms in total. The monoisotopic (exact) mass is 337 g/mol. The number of nitrogens with two attached hydrogens (primary N) is 1. The number of aromatic nitrogens is 1. The van der Waals surface area contributed by atoms with Crippen molar-refractivity contribution in [3.05, 3.63) is 53.7 Å². The number of nitrogen functional groups attached to an aromatic ring is 1. The Bertz CT molecular complexity index is 731. The minimum absolute atomic E-state index is 0.0267. The Hall–Kier alpha value is -2.49. The first-order valence-corrected chi connectivity index (χ1v) is 8.76. The van der Waals surface area contributed by atoms with Crippen molar-refractivity contribution < 1.29 is 4.79 Å². The Morgan fingerprint density at radius 1 is 1.16 bits per heavy atom. The van der Waals surface area contributed by atoms with Crippen LogP contribution in [0.1, 0.15) is 51.2 Å². The molecular formula is C21H27N3O. The van der Waals surface area contributed by atoms with Crippen molar-refractivity contribution in [2.24, 2.45) is 11.1 Å². The summed E-state index contributed by atoms with van der Waals surface area (Å²) in [5, 5.41) is 7.40. The Labute approximate surface area is 150 Å². The van der Waals surface area contributed by atoms with Gasteiger partial charge in [-0.15, -0.1) is 0 Å². The quantitative estimate of drug-likeness (QED) is 0.555. The van der Waals surface area contributed by atoms with Gasteiger partial charge in [0.1, 0.15) is 11.6 Å². The topological polar surface area (TPSA) is 79.8 Å². The average Bonchev–Trinajstić information content (AvgIpc) is 2.61. The fourth-order valence-corrected chi connectivity index (χ4v) is 2.92. The second-order valence-corrected chi connectivity index (χ2v) is 7.06. The highest BCUT2D eigenvalue weighted by Gasteiger charge is 2.24. The van der Waals surface area contributed by atoms with E-state index in [-0.39, 0.29) is 11.3 Å². The van der Waals surface area contributed by atoms with Crippen molar-refractivity contribution in [2.45, 2.75) is 46.5 Å². The highest BCUT2D eigenvalue weighted by atomic mass is 16.1. The zero-order valence-corrected chi connectivity index (χ0v) is 15.3. The first-order valence-electron chi connectivity index (χ1n) is 8.76. The number of hydrogen-bond donors (Lipinski definition) is 2. The lowest BCUT2D eigenvalue weighted by Crippen LogP contribution is -2.23. The smallest absolute Gasteiger partial charge is 0.138 e. The van der Waals surface area contributed by atoms with Gasteiger partial charge in [-0.2, -0.15) is 0 Å². The molecule has 0 spiro atoms. The molecule has 0 atom stereocenters. The molecule has 0 aliphatic heterocycles. The molecule has 0 aliphatic carbocycles. The third kappa shape index (κ3) is 4.99. The zero-order valence-electron chi connectivity index (χ0n) is 15.3. The number of carbonyl (C=O) groups is 1. The van der Waals surface area contributed by atoms with Crippen LogP contribution in [-0.4, -0.2) is 16.6 Å². The number of aryl methyl sites for hydroxylation is 1. The molecule has 132 valence electrons. The van der Waals surface area contributed by atoms with E-state index in [1.54, 1.807) is 6.20 Å². The molecule has 2 aromatic rings. The van der Waals surface area contributed by atoms with Crippen LogP contribution < -0.4 is 5.73 Å². The van der Waals surface area contributed by atoms with Gasteiger partial charge in [0.15, 0.2) is 0 Å². The number of Topliss-reactive ketones (excluding diaryl/α,β-unsaturated/α-hetero) is 1. The molecule has 3 N–H and O–H groups in total. The minimum Gasteiger partial charge on any atom is -0.384 e. The van der Waals surface area contributed by atoms with Crippen LogP contribution in [0.5, 0.6) is 0 Å². The van der Waals surface area contributed by atoms with E-state index >= 15 is 0 Å². The Kier molecular flexibility index (Phi) is 6.07. The summed E-state index contributed by atoms with van der Waals surface area (Å²) in [4.78, 5) is 16.3. The summed E-state index contributed by atoms with van der Waals surface area (Å²) < 4.78 is 0. The van der Waals surface area contributed by atoms with Crippen LogP contribution in [0.25, 0.3) is 11.3 Å². The SMILES string of the molecule is CCC(=O)C(C)(C)CCCc1ccc(-c2ccc(C(=N)N)cn2)cc1. The molecule has 0 radical (unpaired) electrons. The third-order valence-electron chi connectivity index (χ3n) is 4.67. The molecule has 1 aromatic carbocycles. The lowest BCUT2D eigenvalue weighted by Gasteiger charge is -2.22. The summed E-state index contributed by atoms with van der Waals surface area (Å²) in [6, 6.07) is 12.0. The van der Waals surface area contributed by atoms with Crippen LogP contribution in [0.2, 0.25) is 0 Å². The largest absolute Gasteiger partial charge is 0.384 e.